The van der Waals surface area contributed by atoms with Crippen molar-refractivity contribution in [1.82, 2.24) is 0 Å². The van der Waals surface area contributed by atoms with Gasteiger partial charge in [-0.05, 0) is 30.5 Å². The van der Waals surface area contributed by atoms with Crippen molar-refractivity contribution in [3.63, 3.8) is 0 Å². The smallest absolute Gasteiger partial charge is 0.370 e. The summed E-state index contributed by atoms with van der Waals surface area (Å²) in [7, 11) is -3.85. The van der Waals surface area contributed by atoms with E-state index in [-0.39, 0.29) is 16.9 Å². The van der Waals surface area contributed by atoms with E-state index in [1.807, 2.05) is 6.92 Å². The summed E-state index contributed by atoms with van der Waals surface area (Å²) >= 11 is 0. The molecule has 0 fully saturated rings. The zero-order valence-electron chi connectivity index (χ0n) is 13.9. The summed E-state index contributed by atoms with van der Waals surface area (Å²) in [5.74, 6) is -2.07. The first-order valence-corrected chi connectivity index (χ1v) is 9.35. The molecule has 140 valence electrons. The highest BCUT2D eigenvalue weighted by Crippen LogP contribution is 2.35. The second-order valence-corrected chi connectivity index (χ2v) is 7.56. The lowest BCUT2D eigenvalue weighted by atomic mass is 9.99. The summed E-state index contributed by atoms with van der Waals surface area (Å²) in [6.45, 7) is 1.91. The van der Waals surface area contributed by atoms with Crippen molar-refractivity contribution in [2.45, 2.75) is 43.7 Å². The fourth-order valence-corrected chi connectivity index (χ4v) is 3.29. The van der Waals surface area contributed by atoms with Crippen LogP contribution in [0.3, 0.4) is 0 Å². The third-order valence-corrected chi connectivity index (χ3v) is 4.60. The Balaban J connectivity index is 3.66. The van der Waals surface area contributed by atoms with E-state index in [1.54, 1.807) is 0 Å². The quantitative estimate of drug-likeness (QED) is 0.447. The fourth-order valence-electron chi connectivity index (χ4n) is 2.32. The third kappa shape index (κ3) is 5.73. The van der Waals surface area contributed by atoms with Crippen LogP contribution in [-0.2, 0) is 22.4 Å². The molecule has 0 heterocycles. The number of carbonyl (C=O) groups excluding carboxylic acids is 1. The van der Waals surface area contributed by atoms with Crippen molar-refractivity contribution in [3.8, 4) is 0 Å². The van der Waals surface area contributed by atoms with Gasteiger partial charge in [0.1, 0.15) is 0 Å². The molecule has 0 radical (unpaired) electrons. The molecule has 10 heteroatoms. The Morgan fingerprint density at radius 2 is 1.80 bits per heavy atom. The number of sulfone groups is 1. The van der Waals surface area contributed by atoms with Gasteiger partial charge in [0.05, 0.1) is 16.0 Å². The molecule has 1 amide bonds. The summed E-state index contributed by atoms with van der Waals surface area (Å²) in [6, 6.07) is 1.40. The number of halogens is 3. The molecular weight excluding hydrogens is 359 g/mol. The van der Waals surface area contributed by atoms with Crippen molar-refractivity contribution in [3.05, 3.63) is 28.8 Å². The molecule has 0 aliphatic rings. The summed E-state index contributed by atoms with van der Waals surface area (Å²) < 4.78 is 63.9. The molecule has 0 saturated heterocycles. The molecule has 1 rings (SSSR count). The molecule has 1 aromatic rings. The Kier molecular flexibility index (Phi) is 6.58. The van der Waals surface area contributed by atoms with Crippen molar-refractivity contribution in [2.75, 3.05) is 6.26 Å². The summed E-state index contributed by atoms with van der Waals surface area (Å²) in [4.78, 5) is 14.7. The average molecular weight is 379 g/mol. The van der Waals surface area contributed by atoms with E-state index in [2.05, 4.69) is 4.99 Å². The van der Waals surface area contributed by atoms with Crippen molar-refractivity contribution < 1.29 is 26.4 Å². The number of unbranched alkanes of at least 4 members (excludes halogenated alkanes) is 2. The molecule has 0 atom stereocenters. The molecule has 0 bridgehead atoms. The lowest BCUT2D eigenvalue weighted by Crippen LogP contribution is -2.25. The number of aliphatic imine (C=N–C) groups is 1. The molecule has 0 unspecified atom stereocenters. The molecule has 0 aliphatic carbocycles. The molecule has 0 spiro atoms. The van der Waals surface area contributed by atoms with E-state index in [1.165, 1.54) is 0 Å². The minimum absolute atomic E-state index is 0.0181. The third-order valence-electron chi connectivity index (χ3n) is 3.42. The number of rotatable bonds is 6. The maximum atomic E-state index is 13.3. The van der Waals surface area contributed by atoms with Crippen LogP contribution in [0.25, 0.3) is 0 Å². The van der Waals surface area contributed by atoms with Crippen LogP contribution in [-0.4, -0.2) is 26.5 Å². The van der Waals surface area contributed by atoms with Crippen LogP contribution in [0.2, 0.25) is 0 Å². The number of nitrogens with zero attached hydrogens (tertiary/aromatic N) is 1. The Morgan fingerprint density at radius 1 is 1.20 bits per heavy atom. The number of carbonyl (C=O) groups is 1. The molecule has 0 saturated carbocycles. The largest absolute Gasteiger partial charge is 0.417 e. The summed E-state index contributed by atoms with van der Waals surface area (Å²) in [6.07, 6.45) is -1.76. The van der Waals surface area contributed by atoms with Crippen LogP contribution in [0.5, 0.6) is 0 Å². The second-order valence-electron chi connectivity index (χ2n) is 5.57. The van der Waals surface area contributed by atoms with Gasteiger partial charge in [0, 0.05) is 6.26 Å². The van der Waals surface area contributed by atoms with Crippen LogP contribution in [0.4, 0.5) is 13.2 Å². The van der Waals surface area contributed by atoms with Gasteiger partial charge in [0.25, 0.3) is 5.91 Å². The van der Waals surface area contributed by atoms with Crippen molar-refractivity contribution in [1.29, 1.82) is 0 Å². The van der Waals surface area contributed by atoms with Gasteiger partial charge in [0.2, 0.25) is 0 Å². The van der Waals surface area contributed by atoms with E-state index in [0.29, 0.717) is 18.6 Å². The maximum Gasteiger partial charge on any atom is 0.417 e. The van der Waals surface area contributed by atoms with Gasteiger partial charge in [0.15, 0.2) is 15.8 Å². The number of nitrogens with two attached hydrogens (primary N) is 2. The van der Waals surface area contributed by atoms with Gasteiger partial charge in [-0.3, -0.25) is 4.79 Å². The summed E-state index contributed by atoms with van der Waals surface area (Å²) in [5, 5.41) is 0. The van der Waals surface area contributed by atoms with Crippen molar-refractivity contribution in [2.24, 2.45) is 16.5 Å². The first-order valence-electron chi connectivity index (χ1n) is 7.46. The van der Waals surface area contributed by atoms with Gasteiger partial charge in [-0.15, -0.1) is 0 Å². The molecule has 4 N–H and O–H groups in total. The number of hydrogen-bond acceptors (Lipinski definition) is 3. The van der Waals surface area contributed by atoms with Crippen LogP contribution < -0.4 is 11.5 Å². The minimum Gasteiger partial charge on any atom is -0.370 e. The van der Waals surface area contributed by atoms with E-state index < -0.39 is 39.0 Å². The number of amides is 1. The SMILES string of the molecule is CCCCCc1cc(C(F)(F)F)c(C(=O)N=C(N)N)cc1S(C)(=O)=O. The molecule has 25 heavy (non-hydrogen) atoms. The zero-order chi connectivity index (χ0) is 19.4. The highest BCUT2D eigenvalue weighted by atomic mass is 32.2. The first kappa shape index (κ1) is 20.9. The molecular formula is C15H20F3N3O3S. The highest BCUT2D eigenvalue weighted by molar-refractivity contribution is 7.90. The molecule has 0 aliphatic heterocycles. The van der Waals surface area contributed by atoms with Gasteiger partial charge >= 0.3 is 6.18 Å². The number of guanidine groups is 1. The lowest BCUT2D eigenvalue weighted by molar-refractivity contribution is -0.138. The van der Waals surface area contributed by atoms with Crippen LogP contribution in [0.1, 0.15) is 47.7 Å². The average Bonchev–Trinajstić information content (AvgIpc) is 2.44. The van der Waals surface area contributed by atoms with E-state index >= 15 is 0 Å². The van der Waals surface area contributed by atoms with Crippen LogP contribution in [0, 0.1) is 0 Å². The highest BCUT2D eigenvalue weighted by Gasteiger charge is 2.37. The number of alkyl halides is 3. The fraction of sp³-hybridized carbons (Fsp3) is 0.467. The van der Waals surface area contributed by atoms with Crippen LogP contribution >= 0.6 is 0 Å². The standard InChI is InChI=1S/C15H20F3N3O3S/c1-3-4-5-6-9-7-11(15(16,17)18)10(13(22)21-14(19)20)8-12(9)25(2,23)24/h7-8H,3-6H2,1-2H3,(H4,19,20,21,22). The Bertz CT molecular complexity index is 783. The monoisotopic (exact) mass is 379 g/mol. The van der Waals surface area contributed by atoms with Crippen LogP contribution in [0.15, 0.2) is 22.0 Å². The molecule has 6 nitrogen and oxygen atoms in total. The van der Waals surface area contributed by atoms with Gasteiger partial charge in [-0.25, -0.2) is 8.42 Å². The molecule has 0 aromatic heterocycles. The maximum absolute atomic E-state index is 13.3. The zero-order valence-corrected chi connectivity index (χ0v) is 14.7. The van der Waals surface area contributed by atoms with Gasteiger partial charge in [-0.2, -0.15) is 18.2 Å². The normalized spacial score (nSPS) is 12.0. The number of hydrogen-bond donors (Lipinski definition) is 2. The van der Waals surface area contributed by atoms with Gasteiger partial charge in [-0.1, -0.05) is 19.8 Å². The van der Waals surface area contributed by atoms with E-state index in [0.717, 1.165) is 19.1 Å². The Morgan fingerprint density at radius 3 is 2.24 bits per heavy atom. The Labute approximate surface area is 144 Å². The van der Waals surface area contributed by atoms with Gasteiger partial charge < -0.3 is 11.5 Å². The predicted molar refractivity (Wildman–Crippen MR) is 87.9 cm³/mol. The van der Waals surface area contributed by atoms with E-state index in [9.17, 15) is 26.4 Å². The molecule has 1 aromatic carbocycles. The second kappa shape index (κ2) is 7.85. The summed E-state index contributed by atoms with van der Waals surface area (Å²) in [5.41, 5.74) is 7.92. The minimum atomic E-state index is -4.86. The lowest BCUT2D eigenvalue weighted by Gasteiger charge is -2.16. The Hall–Kier alpha value is -2.10. The van der Waals surface area contributed by atoms with Crippen molar-refractivity contribution >= 4 is 21.7 Å². The first-order chi connectivity index (χ1) is 11.4. The number of aryl methyl sites for hydroxylation is 1. The predicted octanol–water partition coefficient (Wildman–Crippen LogP) is 2.26. The topological polar surface area (TPSA) is 116 Å². The number of benzene rings is 1. The van der Waals surface area contributed by atoms with E-state index in [4.69, 9.17) is 11.5 Å².